The Kier molecular flexibility index (Phi) is 7.22. The maximum atomic E-state index is 14.4. The van der Waals surface area contributed by atoms with Gasteiger partial charge in [-0.05, 0) is 42.0 Å². The van der Waals surface area contributed by atoms with E-state index in [1.165, 1.54) is 48.5 Å². The Morgan fingerprint density at radius 3 is 1.86 bits per heavy atom. The summed E-state index contributed by atoms with van der Waals surface area (Å²) in [5, 5.41) is 18.9. The zero-order chi connectivity index (χ0) is 25.8. The lowest BCUT2D eigenvalue weighted by Crippen LogP contribution is -2.18. The fourth-order valence-electron chi connectivity index (χ4n) is 3.02. The van der Waals surface area contributed by atoms with Gasteiger partial charge >= 0.3 is 13.8 Å². The SMILES string of the molecule is O=[N+]([O-])c1ccc([C@@H](Nc2nnc(C(F)(F)F)s2)P(=O)(Oc2ccccc2)Oc2ccccc2)cc1. The molecule has 0 fully saturated rings. The summed E-state index contributed by atoms with van der Waals surface area (Å²) < 4.78 is 65.3. The number of nitro groups is 1. The number of hydrogen-bond donors (Lipinski definition) is 1. The number of halogens is 3. The third-order valence-electron chi connectivity index (χ3n) is 4.62. The number of benzene rings is 3. The molecule has 0 aliphatic rings. The summed E-state index contributed by atoms with van der Waals surface area (Å²) in [6.07, 6.45) is -4.73. The third kappa shape index (κ3) is 5.99. The minimum atomic E-state index is -4.73. The van der Waals surface area contributed by atoms with Gasteiger partial charge in [0.25, 0.3) is 5.69 Å². The summed E-state index contributed by atoms with van der Waals surface area (Å²) >= 11 is 0.201. The monoisotopic (exact) mass is 536 g/mol. The van der Waals surface area contributed by atoms with Crippen LogP contribution in [0.25, 0.3) is 0 Å². The molecule has 1 N–H and O–H groups in total. The summed E-state index contributed by atoms with van der Waals surface area (Å²) in [6, 6.07) is 21.0. The van der Waals surface area contributed by atoms with Gasteiger partial charge in [0.1, 0.15) is 11.5 Å². The molecule has 1 heterocycles. The topological polar surface area (TPSA) is 116 Å². The van der Waals surface area contributed by atoms with E-state index in [-0.39, 0.29) is 39.2 Å². The number of anilines is 1. The molecule has 9 nitrogen and oxygen atoms in total. The number of alkyl halides is 3. The van der Waals surface area contributed by atoms with E-state index in [4.69, 9.17) is 9.05 Å². The van der Waals surface area contributed by atoms with Crippen LogP contribution in [0.4, 0.5) is 24.0 Å². The van der Waals surface area contributed by atoms with Gasteiger partial charge in [-0.2, -0.15) is 13.2 Å². The summed E-state index contributed by atoms with van der Waals surface area (Å²) in [4.78, 5) is 10.5. The van der Waals surface area contributed by atoms with Crippen LogP contribution in [0.1, 0.15) is 16.4 Å². The molecule has 4 aromatic rings. The van der Waals surface area contributed by atoms with Crippen LogP contribution >= 0.6 is 18.9 Å². The minimum Gasteiger partial charge on any atom is -0.414 e. The third-order valence-corrected chi connectivity index (χ3v) is 7.50. The van der Waals surface area contributed by atoms with Crippen LogP contribution in [-0.2, 0) is 10.7 Å². The predicted molar refractivity (Wildman–Crippen MR) is 126 cm³/mol. The first kappa shape index (κ1) is 25.1. The van der Waals surface area contributed by atoms with Crippen molar-refractivity contribution in [3.05, 3.63) is 106 Å². The van der Waals surface area contributed by atoms with Gasteiger partial charge in [-0.1, -0.05) is 47.7 Å². The average Bonchev–Trinajstić information content (AvgIpc) is 3.33. The fraction of sp³-hybridized carbons (Fsp3) is 0.0909. The Hall–Kier alpha value is -3.96. The van der Waals surface area contributed by atoms with Crippen molar-refractivity contribution >= 4 is 29.8 Å². The first-order chi connectivity index (χ1) is 17.1. The molecule has 0 saturated heterocycles. The minimum absolute atomic E-state index is 0.165. The molecule has 14 heteroatoms. The first-order valence-electron chi connectivity index (χ1n) is 10.1. The van der Waals surface area contributed by atoms with E-state index in [1.54, 1.807) is 36.4 Å². The van der Waals surface area contributed by atoms with Crippen molar-refractivity contribution in [3.63, 3.8) is 0 Å². The van der Waals surface area contributed by atoms with Gasteiger partial charge in [0, 0.05) is 12.1 Å². The van der Waals surface area contributed by atoms with Crippen molar-refractivity contribution in [1.29, 1.82) is 0 Å². The number of rotatable bonds is 9. The number of nitrogens with zero attached hydrogens (tertiary/aromatic N) is 3. The van der Waals surface area contributed by atoms with Crippen LogP contribution in [-0.4, -0.2) is 15.1 Å². The molecule has 4 rings (SSSR count). The van der Waals surface area contributed by atoms with Crippen molar-refractivity contribution in [3.8, 4) is 11.5 Å². The lowest BCUT2D eigenvalue weighted by atomic mass is 10.2. The van der Waals surface area contributed by atoms with E-state index in [1.807, 2.05) is 0 Å². The maximum absolute atomic E-state index is 14.4. The average molecular weight is 536 g/mol. The van der Waals surface area contributed by atoms with Gasteiger partial charge < -0.3 is 14.4 Å². The zero-order valence-electron chi connectivity index (χ0n) is 18.0. The number of hydrogen-bond acceptors (Lipinski definition) is 9. The van der Waals surface area contributed by atoms with Crippen LogP contribution in [0.3, 0.4) is 0 Å². The molecule has 0 aliphatic carbocycles. The van der Waals surface area contributed by atoms with E-state index < -0.39 is 29.5 Å². The molecule has 3 aromatic carbocycles. The highest BCUT2D eigenvalue weighted by Gasteiger charge is 2.43. The van der Waals surface area contributed by atoms with Gasteiger partial charge in [0.2, 0.25) is 10.1 Å². The molecule has 1 atom stereocenters. The number of aromatic nitrogens is 2. The van der Waals surface area contributed by atoms with Gasteiger partial charge in [-0.25, -0.2) is 4.57 Å². The molecule has 0 radical (unpaired) electrons. The van der Waals surface area contributed by atoms with Crippen LogP contribution in [0.2, 0.25) is 0 Å². The van der Waals surface area contributed by atoms with Crippen LogP contribution in [0, 0.1) is 10.1 Å². The Morgan fingerprint density at radius 2 is 1.42 bits per heavy atom. The second-order valence-electron chi connectivity index (χ2n) is 7.15. The Balaban J connectivity index is 1.80. The van der Waals surface area contributed by atoms with Crippen LogP contribution in [0.15, 0.2) is 84.9 Å². The number of non-ortho nitro benzene ring substituents is 1. The molecule has 0 bridgehead atoms. The molecule has 0 aliphatic heterocycles. The molecule has 0 amide bonds. The Labute approximate surface area is 206 Å². The van der Waals surface area contributed by atoms with Gasteiger partial charge in [0.15, 0.2) is 5.78 Å². The zero-order valence-corrected chi connectivity index (χ0v) is 19.7. The van der Waals surface area contributed by atoms with E-state index in [2.05, 4.69) is 15.5 Å². The van der Waals surface area contributed by atoms with Crippen molar-refractivity contribution in [1.82, 2.24) is 10.2 Å². The van der Waals surface area contributed by atoms with Crippen molar-refractivity contribution in [2.24, 2.45) is 0 Å². The van der Waals surface area contributed by atoms with E-state index >= 15 is 0 Å². The molecule has 1 aromatic heterocycles. The molecule has 0 unspecified atom stereocenters. The Morgan fingerprint density at radius 1 is 0.889 bits per heavy atom. The lowest BCUT2D eigenvalue weighted by Gasteiger charge is -2.28. The second kappa shape index (κ2) is 10.3. The second-order valence-corrected chi connectivity index (χ2v) is 10.1. The molecule has 186 valence electrons. The lowest BCUT2D eigenvalue weighted by molar-refractivity contribution is -0.384. The van der Waals surface area contributed by atoms with E-state index in [0.717, 1.165) is 0 Å². The molecule has 0 spiro atoms. The quantitative estimate of drug-likeness (QED) is 0.139. The fourth-order valence-corrected chi connectivity index (χ4v) is 5.64. The molecule has 0 saturated carbocycles. The van der Waals surface area contributed by atoms with Crippen LogP contribution in [0.5, 0.6) is 11.5 Å². The summed E-state index contributed by atoms with van der Waals surface area (Å²) in [5.74, 6) is -1.09. The predicted octanol–water partition coefficient (Wildman–Crippen LogP) is 6.93. The summed E-state index contributed by atoms with van der Waals surface area (Å²) in [6.45, 7) is 0. The smallest absolute Gasteiger partial charge is 0.414 e. The number of nitro benzene ring substituents is 1. The molecular formula is C22H16F3N4O5PS. The summed E-state index contributed by atoms with van der Waals surface area (Å²) in [5.41, 5.74) is -0.0601. The number of para-hydroxylation sites is 2. The van der Waals surface area contributed by atoms with Crippen molar-refractivity contribution in [2.75, 3.05) is 5.32 Å². The molecular weight excluding hydrogens is 520 g/mol. The highest BCUT2D eigenvalue weighted by Crippen LogP contribution is 2.60. The van der Waals surface area contributed by atoms with Gasteiger partial charge in [-0.3, -0.25) is 10.1 Å². The Bertz CT molecular complexity index is 1330. The normalized spacial score (nSPS) is 12.5. The van der Waals surface area contributed by atoms with E-state index in [0.29, 0.717) is 0 Å². The van der Waals surface area contributed by atoms with E-state index in [9.17, 15) is 27.9 Å². The van der Waals surface area contributed by atoms with Gasteiger partial charge in [-0.15, -0.1) is 10.2 Å². The van der Waals surface area contributed by atoms with Crippen molar-refractivity contribution < 1.29 is 31.7 Å². The van der Waals surface area contributed by atoms with Crippen molar-refractivity contribution in [2.45, 2.75) is 12.0 Å². The van der Waals surface area contributed by atoms with Crippen LogP contribution < -0.4 is 14.4 Å². The van der Waals surface area contributed by atoms with Gasteiger partial charge in [0.05, 0.1) is 4.92 Å². The highest BCUT2D eigenvalue weighted by atomic mass is 32.1. The first-order valence-corrected chi connectivity index (χ1v) is 12.6. The number of nitrogens with one attached hydrogen (secondary N) is 1. The highest BCUT2D eigenvalue weighted by molar-refractivity contribution is 7.55. The molecule has 36 heavy (non-hydrogen) atoms. The largest absolute Gasteiger partial charge is 0.457 e. The summed E-state index contributed by atoms with van der Waals surface area (Å²) in [7, 11) is -4.35. The maximum Gasteiger partial charge on any atom is 0.457 e. The standard InChI is InChI=1S/C22H16F3N4O5PS/c23-22(24,25)20-27-28-21(36-20)26-19(15-11-13-16(14-12-15)29(30)31)35(32,33-17-7-3-1-4-8-17)34-18-9-5-2-6-10-18/h1-14,19H,(H,26,28)/t19-/m0/s1.